The number of nitrogens with zero attached hydrogens (tertiary/aromatic N) is 1. The average Bonchev–Trinajstić information content (AvgIpc) is 2.99. The third-order valence-electron chi connectivity index (χ3n) is 5.06. The lowest BCUT2D eigenvalue weighted by molar-refractivity contribution is 0.00200. The molecule has 1 atom stereocenters. The lowest BCUT2D eigenvalue weighted by Crippen LogP contribution is -2.28. The molecule has 1 aliphatic rings. The average molecular weight is 387 g/mol. The molecule has 0 radical (unpaired) electrons. The maximum absolute atomic E-state index is 13.2. The Labute approximate surface area is 161 Å². The Kier molecular flexibility index (Phi) is 4.82. The molecule has 0 saturated heterocycles. The standard InChI is InChI=1S/C20H22N2O2S2/c1-12(2)15-10-14-16(11-24-15)26-18-17(14)19(23)22(20(25)21-18)9-8-13-6-4-3-5-7-13/h3-7,12,15H,8-11H2,1-2H3,(H,21,25). The minimum atomic E-state index is 0.0292. The van der Waals surface area contributed by atoms with Crippen molar-refractivity contribution in [1.82, 2.24) is 9.55 Å². The second-order valence-electron chi connectivity index (χ2n) is 7.13. The van der Waals surface area contributed by atoms with Gasteiger partial charge < -0.3 is 9.72 Å². The van der Waals surface area contributed by atoms with Gasteiger partial charge in [-0.25, -0.2) is 0 Å². The molecule has 4 nitrogen and oxygen atoms in total. The van der Waals surface area contributed by atoms with E-state index < -0.39 is 0 Å². The van der Waals surface area contributed by atoms with E-state index >= 15 is 0 Å². The maximum Gasteiger partial charge on any atom is 0.263 e. The summed E-state index contributed by atoms with van der Waals surface area (Å²) in [6.45, 7) is 5.50. The van der Waals surface area contributed by atoms with Crippen LogP contribution < -0.4 is 5.56 Å². The van der Waals surface area contributed by atoms with Crippen molar-refractivity contribution < 1.29 is 4.74 Å². The summed E-state index contributed by atoms with van der Waals surface area (Å²) in [5.41, 5.74) is 2.38. The second-order valence-corrected chi connectivity index (χ2v) is 8.62. The Morgan fingerprint density at radius 2 is 2.12 bits per heavy atom. The molecular formula is C20H22N2O2S2. The number of thiophene rings is 1. The van der Waals surface area contributed by atoms with Gasteiger partial charge in [0.25, 0.3) is 5.56 Å². The highest BCUT2D eigenvalue weighted by Crippen LogP contribution is 2.34. The number of ether oxygens (including phenoxy) is 1. The molecular weight excluding hydrogens is 364 g/mol. The molecule has 4 rings (SSSR count). The molecule has 0 amide bonds. The van der Waals surface area contributed by atoms with E-state index in [0.717, 1.165) is 33.5 Å². The first-order chi connectivity index (χ1) is 12.5. The number of fused-ring (bicyclic) bond motifs is 3. The highest BCUT2D eigenvalue weighted by Gasteiger charge is 2.27. The Bertz CT molecular complexity index is 1050. The van der Waals surface area contributed by atoms with Crippen LogP contribution in [0, 0.1) is 10.7 Å². The summed E-state index contributed by atoms with van der Waals surface area (Å²) in [5.74, 6) is 0.431. The maximum atomic E-state index is 13.2. The Morgan fingerprint density at radius 3 is 2.85 bits per heavy atom. The van der Waals surface area contributed by atoms with Gasteiger partial charge in [-0.2, -0.15) is 0 Å². The van der Waals surface area contributed by atoms with Gasteiger partial charge in [-0.3, -0.25) is 9.36 Å². The molecule has 1 aromatic carbocycles. The first kappa shape index (κ1) is 17.6. The lowest BCUT2D eigenvalue weighted by atomic mass is 9.96. The molecule has 1 aliphatic heterocycles. The number of aromatic nitrogens is 2. The molecule has 0 fully saturated rings. The van der Waals surface area contributed by atoms with Crippen LogP contribution in [-0.2, 0) is 30.7 Å². The van der Waals surface area contributed by atoms with Crippen LogP contribution in [0.2, 0.25) is 0 Å². The molecule has 136 valence electrons. The van der Waals surface area contributed by atoms with Crippen LogP contribution in [0.25, 0.3) is 10.2 Å². The number of hydrogen-bond donors (Lipinski definition) is 1. The fourth-order valence-corrected chi connectivity index (χ4v) is 4.99. The van der Waals surface area contributed by atoms with Crippen LogP contribution in [-0.4, -0.2) is 15.7 Å². The normalized spacial score (nSPS) is 17.0. The minimum absolute atomic E-state index is 0.0292. The van der Waals surface area contributed by atoms with Gasteiger partial charge in [0, 0.05) is 17.8 Å². The molecule has 0 aliphatic carbocycles. The van der Waals surface area contributed by atoms with Crippen LogP contribution >= 0.6 is 23.6 Å². The number of aryl methyl sites for hydroxylation is 1. The highest BCUT2D eigenvalue weighted by atomic mass is 32.1. The third-order valence-corrected chi connectivity index (χ3v) is 6.50. The fourth-order valence-electron chi connectivity index (χ4n) is 3.51. The quantitative estimate of drug-likeness (QED) is 0.674. The third kappa shape index (κ3) is 3.17. The summed E-state index contributed by atoms with van der Waals surface area (Å²) in [4.78, 5) is 18.5. The van der Waals surface area contributed by atoms with E-state index in [-0.39, 0.29) is 11.7 Å². The summed E-state index contributed by atoms with van der Waals surface area (Å²) in [7, 11) is 0. The van der Waals surface area contributed by atoms with Crippen molar-refractivity contribution in [3.05, 3.63) is 61.5 Å². The van der Waals surface area contributed by atoms with E-state index in [1.165, 1.54) is 5.56 Å². The zero-order valence-corrected chi connectivity index (χ0v) is 16.6. The molecule has 1 unspecified atom stereocenters. The van der Waals surface area contributed by atoms with Gasteiger partial charge in [0.2, 0.25) is 0 Å². The number of rotatable bonds is 4. The van der Waals surface area contributed by atoms with Crippen LogP contribution in [0.5, 0.6) is 0 Å². The van der Waals surface area contributed by atoms with Gasteiger partial charge in [0.15, 0.2) is 4.77 Å². The molecule has 26 heavy (non-hydrogen) atoms. The van der Waals surface area contributed by atoms with E-state index in [1.807, 2.05) is 18.2 Å². The van der Waals surface area contributed by atoms with Gasteiger partial charge in [-0.05, 0) is 35.7 Å². The number of hydrogen-bond acceptors (Lipinski definition) is 4. The van der Waals surface area contributed by atoms with Crippen molar-refractivity contribution >= 4 is 33.8 Å². The van der Waals surface area contributed by atoms with Crippen molar-refractivity contribution in [2.24, 2.45) is 5.92 Å². The predicted octanol–water partition coefficient (Wildman–Crippen LogP) is 4.46. The largest absolute Gasteiger partial charge is 0.372 e. The Balaban J connectivity index is 1.75. The number of H-pyrrole nitrogens is 1. The Morgan fingerprint density at radius 1 is 1.35 bits per heavy atom. The van der Waals surface area contributed by atoms with Gasteiger partial charge >= 0.3 is 0 Å². The predicted molar refractivity (Wildman–Crippen MR) is 109 cm³/mol. The minimum Gasteiger partial charge on any atom is -0.372 e. The van der Waals surface area contributed by atoms with Crippen LogP contribution in [0.15, 0.2) is 35.1 Å². The van der Waals surface area contributed by atoms with Gasteiger partial charge in [-0.15, -0.1) is 11.3 Å². The van der Waals surface area contributed by atoms with Gasteiger partial charge in [0.05, 0.1) is 18.1 Å². The number of benzene rings is 1. The second kappa shape index (κ2) is 7.10. The first-order valence-electron chi connectivity index (χ1n) is 8.97. The number of aromatic amines is 1. The molecule has 1 N–H and O–H groups in total. The fraction of sp³-hybridized carbons (Fsp3) is 0.400. The van der Waals surface area contributed by atoms with Gasteiger partial charge in [0.1, 0.15) is 4.83 Å². The van der Waals surface area contributed by atoms with Crippen LogP contribution in [0.4, 0.5) is 0 Å². The molecule has 2 aromatic heterocycles. The smallest absolute Gasteiger partial charge is 0.263 e. The zero-order chi connectivity index (χ0) is 18.3. The van der Waals surface area contributed by atoms with Crippen LogP contribution in [0.3, 0.4) is 0 Å². The van der Waals surface area contributed by atoms with E-state index in [2.05, 4.69) is 31.0 Å². The first-order valence-corrected chi connectivity index (χ1v) is 10.2. The van der Waals surface area contributed by atoms with E-state index in [9.17, 15) is 4.79 Å². The molecule has 0 bridgehead atoms. The van der Waals surface area contributed by atoms with Crippen molar-refractivity contribution in [1.29, 1.82) is 0 Å². The topological polar surface area (TPSA) is 47.0 Å². The zero-order valence-electron chi connectivity index (χ0n) is 15.0. The Hall–Kier alpha value is -1.76. The SMILES string of the molecule is CC(C)C1Cc2c(sc3[nH]c(=S)n(CCc4ccccc4)c(=O)c23)CO1. The van der Waals surface area contributed by atoms with Crippen molar-refractivity contribution in [2.75, 3.05) is 0 Å². The summed E-state index contributed by atoms with van der Waals surface area (Å²) in [6.07, 6.45) is 1.75. The summed E-state index contributed by atoms with van der Waals surface area (Å²) >= 11 is 7.07. The van der Waals surface area contributed by atoms with Gasteiger partial charge in [-0.1, -0.05) is 44.2 Å². The van der Waals surface area contributed by atoms with Crippen LogP contribution in [0.1, 0.15) is 29.9 Å². The van der Waals surface area contributed by atoms with Crippen molar-refractivity contribution in [3.63, 3.8) is 0 Å². The van der Waals surface area contributed by atoms with Crippen molar-refractivity contribution in [2.45, 2.75) is 45.9 Å². The summed E-state index contributed by atoms with van der Waals surface area (Å²) in [5, 5.41) is 0.806. The van der Waals surface area contributed by atoms with E-state index in [1.54, 1.807) is 15.9 Å². The lowest BCUT2D eigenvalue weighted by Gasteiger charge is -2.26. The monoisotopic (exact) mass is 386 g/mol. The highest BCUT2D eigenvalue weighted by molar-refractivity contribution is 7.71. The molecule has 6 heteroatoms. The van der Waals surface area contributed by atoms with Crippen molar-refractivity contribution in [3.8, 4) is 0 Å². The molecule has 0 spiro atoms. The van der Waals surface area contributed by atoms with E-state index in [0.29, 0.717) is 23.8 Å². The summed E-state index contributed by atoms with van der Waals surface area (Å²) < 4.78 is 8.17. The number of nitrogens with one attached hydrogen (secondary N) is 1. The molecule has 3 heterocycles. The van der Waals surface area contributed by atoms with E-state index in [4.69, 9.17) is 17.0 Å². The molecule has 3 aromatic rings. The molecule has 0 saturated carbocycles. The summed E-state index contributed by atoms with van der Waals surface area (Å²) in [6, 6.07) is 10.2.